The number of nitrogens with zero attached hydrogens (tertiary/aromatic N) is 3. The molecule has 176 valence electrons. The zero-order chi connectivity index (χ0) is 21.8. The van der Waals surface area contributed by atoms with Crippen molar-refractivity contribution in [3.63, 3.8) is 0 Å². The summed E-state index contributed by atoms with van der Waals surface area (Å²) in [6.45, 7) is 14.7. The predicted octanol–water partition coefficient (Wildman–Crippen LogP) is 4.11. The number of guanidine groups is 1. The van der Waals surface area contributed by atoms with Crippen LogP contribution in [0.1, 0.15) is 69.3 Å². The summed E-state index contributed by atoms with van der Waals surface area (Å²) in [6, 6.07) is 8.54. The number of amides is 1. The molecule has 1 aliphatic heterocycles. The molecule has 1 amide bonds. The highest BCUT2D eigenvalue weighted by Gasteiger charge is 2.17. The Morgan fingerprint density at radius 1 is 1.13 bits per heavy atom. The van der Waals surface area contributed by atoms with E-state index < -0.39 is 0 Å². The number of hydrogen-bond acceptors (Lipinski definition) is 3. The Morgan fingerprint density at radius 3 is 2.45 bits per heavy atom. The van der Waals surface area contributed by atoms with Crippen molar-refractivity contribution in [3.8, 4) is 0 Å². The Kier molecular flexibility index (Phi) is 13.8. The van der Waals surface area contributed by atoms with Gasteiger partial charge in [-0.3, -0.25) is 4.79 Å². The van der Waals surface area contributed by atoms with Crippen LogP contribution >= 0.6 is 24.0 Å². The van der Waals surface area contributed by atoms with Crippen LogP contribution in [-0.4, -0.2) is 67.0 Å². The molecular formula is C24H42IN5O. The lowest BCUT2D eigenvalue weighted by Gasteiger charge is -2.33. The molecule has 1 fully saturated rings. The second kappa shape index (κ2) is 15.5. The quantitative estimate of drug-likeness (QED) is 0.202. The van der Waals surface area contributed by atoms with Crippen molar-refractivity contribution in [1.82, 2.24) is 20.4 Å². The van der Waals surface area contributed by atoms with Gasteiger partial charge in [0.1, 0.15) is 0 Å². The molecule has 1 unspecified atom stereocenters. The largest absolute Gasteiger partial charge is 0.357 e. The third kappa shape index (κ3) is 9.35. The van der Waals surface area contributed by atoms with Gasteiger partial charge in [-0.05, 0) is 71.2 Å². The number of nitrogens with one attached hydrogen (secondary N) is 2. The van der Waals surface area contributed by atoms with Crippen LogP contribution < -0.4 is 10.6 Å². The van der Waals surface area contributed by atoms with Crippen LogP contribution in [0.3, 0.4) is 0 Å². The first-order valence-electron chi connectivity index (χ1n) is 11.7. The van der Waals surface area contributed by atoms with Gasteiger partial charge >= 0.3 is 0 Å². The Balaban J connectivity index is 0.00000480. The lowest BCUT2D eigenvalue weighted by atomic mass is 10.0. The van der Waals surface area contributed by atoms with Crippen molar-refractivity contribution >= 4 is 35.8 Å². The van der Waals surface area contributed by atoms with Crippen LogP contribution in [0.2, 0.25) is 0 Å². The van der Waals surface area contributed by atoms with Crippen molar-refractivity contribution in [2.45, 2.75) is 66.0 Å². The molecule has 0 saturated carbocycles. The fourth-order valence-electron chi connectivity index (χ4n) is 3.94. The molecule has 2 rings (SSSR count). The van der Waals surface area contributed by atoms with Crippen molar-refractivity contribution < 1.29 is 4.79 Å². The monoisotopic (exact) mass is 543 g/mol. The van der Waals surface area contributed by atoms with Gasteiger partial charge in [-0.15, -0.1) is 24.0 Å². The molecule has 1 heterocycles. The highest BCUT2D eigenvalue weighted by Crippen LogP contribution is 2.16. The summed E-state index contributed by atoms with van der Waals surface area (Å²) in [4.78, 5) is 21.6. The normalized spacial score (nSPS) is 17.0. The van der Waals surface area contributed by atoms with E-state index in [-0.39, 0.29) is 29.9 Å². The van der Waals surface area contributed by atoms with Crippen molar-refractivity contribution in [2.24, 2.45) is 4.99 Å². The van der Waals surface area contributed by atoms with Gasteiger partial charge in [0.2, 0.25) is 0 Å². The van der Waals surface area contributed by atoms with E-state index in [0.717, 1.165) is 62.3 Å². The van der Waals surface area contributed by atoms with Crippen LogP contribution in [0.15, 0.2) is 29.3 Å². The zero-order valence-corrected chi connectivity index (χ0v) is 22.2. The maximum atomic E-state index is 12.4. The van der Waals surface area contributed by atoms with Crippen LogP contribution in [0.5, 0.6) is 0 Å². The van der Waals surface area contributed by atoms with E-state index >= 15 is 0 Å². The summed E-state index contributed by atoms with van der Waals surface area (Å²) in [6.07, 6.45) is 5.16. The lowest BCUT2D eigenvalue weighted by molar-refractivity contribution is 0.0773. The van der Waals surface area contributed by atoms with E-state index in [1.165, 1.54) is 25.8 Å². The van der Waals surface area contributed by atoms with Gasteiger partial charge in [0.15, 0.2) is 5.96 Å². The van der Waals surface area contributed by atoms with E-state index in [0.29, 0.717) is 6.54 Å². The predicted molar refractivity (Wildman–Crippen MR) is 141 cm³/mol. The molecule has 0 bridgehead atoms. The molecule has 1 saturated heterocycles. The molecule has 7 heteroatoms. The number of hydrogen-bond donors (Lipinski definition) is 2. The van der Waals surface area contributed by atoms with Gasteiger partial charge in [-0.1, -0.05) is 18.6 Å². The molecular weight excluding hydrogens is 501 g/mol. The van der Waals surface area contributed by atoms with E-state index in [2.05, 4.69) is 29.4 Å². The summed E-state index contributed by atoms with van der Waals surface area (Å²) >= 11 is 0. The molecule has 0 aromatic heterocycles. The minimum absolute atomic E-state index is 0. The van der Waals surface area contributed by atoms with Crippen LogP contribution in [0, 0.1) is 0 Å². The van der Waals surface area contributed by atoms with Crippen molar-refractivity contribution in [1.29, 1.82) is 0 Å². The summed E-state index contributed by atoms with van der Waals surface area (Å²) in [7, 11) is 0. The Labute approximate surface area is 206 Å². The molecule has 0 radical (unpaired) electrons. The Morgan fingerprint density at radius 2 is 1.84 bits per heavy atom. The smallest absolute Gasteiger partial charge is 0.253 e. The number of carbonyl (C=O) groups is 1. The molecule has 1 atom stereocenters. The van der Waals surface area contributed by atoms with E-state index in [1.54, 1.807) is 0 Å². The summed E-state index contributed by atoms with van der Waals surface area (Å²) in [5.41, 5.74) is 1.84. The number of halogens is 1. The van der Waals surface area contributed by atoms with Crippen LogP contribution in [-0.2, 0) is 6.54 Å². The Hall–Kier alpha value is -1.35. The number of likely N-dealkylation sites (tertiary alicyclic amines) is 1. The maximum absolute atomic E-state index is 12.4. The topological polar surface area (TPSA) is 60.0 Å². The van der Waals surface area contributed by atoms with E-state index in [1.807, 2.05) is 43.0 Å². The first-order chi connectivity index (χ1) is 14.6. The van der Waals surface area contributed by atoms with Gasteiger partial charge in [-0.25, -0.2) is 4.99 Å². The highest BCUT2D eigenvalue weighted by molar-refractivity contribution is 14.0. The molecule has 6 nitrogen and oxygen atoms in total. The third-order valence-electron chi connectivity index (χ3n) is 5.87. The minimum atomic E-state index is 0. The fourth-order valence-corrected chi connectivity index (χ4v) is 3.94. The lowest BCUT2D eigenvalue weighted by Crippen LogP contribution is -2.41. The van der Waals surface area contributed by atoms with Crippen LogP contribution in [0.4, 0.5) is 0 Å². The highest BCUT2D eigenvalue weighted by atomic mass is 127. The molecule has 0 aliphatic carbocycles. The second-order valence-corrected chi connectivity index (χ2v) is 8.03. The Bertz CT molecular complexity index is 660. The SMILES string of the molecule is CCNC(=NCc1ccc(C(=O)N(CC)CC)cc1)NCCCN1CCCCC1C.I. The van der Waals surface area contributed by atoms with E-state index in [9.17, 15) is 4.79 Å². The average Bonchev–Trinajstić information content (AvgIpc) is 2.77. The molecule has 1 aromatic carbocycles. The maximum Gasteiger partial charge on any atom is 0.253 e. The van der Waals surface area contributed by atoms with Crippen molar-refractivity contribution in [3.05, 3.63) is 35.4 Å². The second-order valence-electron chi connectivity index (χ2n) is 8.03. The molecule has 1 aliphatic rings. The number of rotatable bonds is 10. The first-order valence-corrected chi connectivity index (χ1v) is 11.7. The van der Waals surface area contributed by atoms with Gasteiger partial charge in [0, 0.05) is 44.3 Å². The van der Waals surface area contributed by atoms with Gasteiger partial charge in [-0.2, -0.15) is 0 Å². The molecule has 2 N–H and O–H groups in total. The average molecular weight is 544 g/mol. The standard InChI is InChI=1S/C24H41N5O.HI/c1-5-25-24(26-16-10-18-29-17-9-8-11-20(29)4)27-19-21-12-14-22(15-13-21)23(30)28(6-2)7-3;/h12-15,20H,5-11,16-19H2,1-4H3,(H2,25,26,27);1H. The van der Waals surface area contributed by atoms with Gasteiger partial charge in [0.05, 0.1) is 6.54 Å². The zero-order valence-electron chi connectivity index (χ0n) is 19.8. The number of aliphatic imine (C=N–C) groups is 1. The minimum Gasteiger partial charge on any atom is -0.357 e. The number of carbonyl (C=O) groups excluding carboxylic acids is 1. The molecule has 31 heavy (non-hydrogen) atoms. The van der Waals surface area contributed by atoms with Crippen molar-refractivity contribution in [2.75, 3.05) is 39.3 Å². The first kappa shape index (κ1) is 27.7. The summed E-state index contributed by atoms with van der Waals surface area (Å²) in [5.74, 6) is 0.945. The number of piperidine rings is 1. The van der Waals surface area contributed by atoms with E-state index in [4.69, 9.17) is 4.99 Å². The van der Waals surface area contributed by atoms with Gasteiger partial charge in [0.25, 0.3) is 5.91 Å². The summed E-state index contributed by atoms with van der Waals surface area (Å²) < 4.78 is 0. The molecule has 1 aromatic rings. The van der Waals surface area contributed by atoms with Crippen LogP contribution in [0.25, 0.3) is 0 Å². The summed E-state index contributed by atoms with van der Waals surface area (Å²) in [5, 5.41) is 6.78. The fraction of sp³-hybridized carbons (Fsp3) is 0.667. The molecule has 0 spiro atoms. The third-order valence-corrected chi connectivity index (χ3v) is 5.87. The van der Waals surface area contributed by atoms with Gasteiger partial charge < -0.3 is 20.4 Å². The number of benzene rings is 1.